The lowest BCUT2D eigenvalue weighted by Gasteiger charge is -2.07. The molecule has 1 heterocycles. The molecule has 0 atom stereocenters. The zero-order valence-corrected chi connectivity index (χ0v) is 8.63. The van der Waals surface area contributed by atoms with Gasteiger partial charge in [-0.1, -0.05) is 13.8 Å². The molecule has 14 heavy (non-hydrogen) atoms. The number of hydrogen-bond acceptors (Lipinski definition) is 3. The van der Waals surface area contributed by atoms with E-state index in [2.05, 4.69) is 15.5 Å². The first kappa shape index (κ1) is 10.6. The van der Waals surface area contributed by atoms with Crippen LogP contribution in [0.15, 0.2) is 6.20 Å². The minimum absolute atomic E-state index is 0.337. The van der Waals surface area contributed by atoms with Gasteiger partial charge in [0.15, 0.2) is 0 Å². The molecule has 0 spiro atoms. The number of nitrogens with one attached hydrogen (secondary N) is 2. The number of ether oxygens (including phenoxy) is 1. The Morgan fingerprint density at radius 3 is 2.93 bits per heavy atom. The van der Waals surface area contributed by atoms with Gasteiger partial charge in [-0.25, -0.2) is 4.79 Å². The van der Waals surface area contributed by atoms with Crippen LogP contribution in [0.5, 0.6) is 0 Å². The van der Waals surface area contributed by atoms with Crippen LogP contribution in [0.2, 0.25) is 0 Å². The highest BCUT2D eigenvalue weighted by molar-refractivity contribution is 5.84. The van der Waals surface area contributed by atoms with E-state index in [1.807, 2.05) is 20.8 Å². The van der Waals surface area contributed by atoms with Crippen molar-refractivity contribution in [1.29, 1.82) is 0 Å². The first-order valence-electron chi connectivity index (χ1n) is 4.53. The average molecular weight is 197 g/mol. The van der Waals surface area contributed by atoms with Crippen molar-refractivity contribution in [2.45, 2.75) is 20.8 Å². The summed E-state index contributed by atoms with van der Waals surface area (Å²) in [5, 5.41) is 9.00. The number of rotatable bonds is 3. The van der Waals surface area contributed by atoms with E-state index < -0.39 is 6.09 Å². The van der Waals surface area contributed by atoms with E-state index >= 15 is 0 Å². The van der Waals surface area contributed by atoms with E-state index in [0.717, 1.165) is 5.56 Å². The summed E-state index contributed by atoms with van der Waals surface area (Å²) in [6, 6.07) is 0. The second-order valence-electron chi connectivity index (χ2n) is 3.55. The fourth-order valence-electron chi connectivity index (χ4n) is 0.853. The molecule has 0 saturated heterocycles. The van der Waals surface area contributed by atoms with Crippen LogP contribution in [0.1, 0.15) is 19.4 Å². The molecule has 1 rings (SSSR count). The Bertz CT molecular complexity index is 307. The molecule has 0 radical (unpaired) electrons. The summed E-state index contributed by atoms with van der Waals surface area (Å²) < 4.78 is 4.93. The molecule has 5 heteroatoms. The van der Waals surface area contributed by atoms with Gasteiger partial charge in [0.2, 0.25) is 0 Å². The number of carbonyl (C=O) groups excluding carboxylic acids is 1. The van der Waals surface area contributed by atoms with Crippen LogP contribution >= 0.6 is 0 Å². The quantitative estimate of drug-likeness (QED) is 0.777. The monoisotopic (exact) mass is 197 g/mol. The van der Waals surface area contributed by atoms with Gasteiger partial charge in [-0.3, -0.25) is 10.4 Å². The van der Waals surface area contributed by atoms with Crippen molar-refractivity contribution in [1.82, 2.24) is 10.2 Å². The summed E-state index contributed by atoms with van der Waals surface area (Å²) in [5.74, 6) is 0.919. The van der Waals surface area contributed by atoms with Gasteiger partial charge in [0, 0.05) is 5.56 Å². The lowest BCUT2D eigenvalue weighted by atomic mass is 10.2. The smallest absolute Gasteiger partial charge is 0.412 e. The van der Waals surface area contributed by atoms with Crippen LogP contribution in [-0.2, 0) is 4.74 Å². The van der Waals surface area contributed by atoms with Gasteiger partial charge in [-0.05, 0) is 12.8 Å². The Morgan fingerprint density at radius 1 is 1.71 bits per heavy atom. The van der Waals surface area contributed by atoms with Crippen LogP contribution in [0.25, 0.3) is 0 Å². The molecule has 1 aromatic heterocycles. The molecule has 1 amide bonds. The fraction of sp³-hybridized carbons (Fsp3) is 0.556. The Morgan fingerprint density at radius 2 is 2.43 bits per heavy atom. The summed E-state index contributed by atoms with van der Waals surface area (Å²) in [6.45, 7) is 6.23. The van der Waals surface area contributed by atoms with Gasteiger partial charge >= 0.3 is 6.09 Å². The molecular formula is C9H15N3O2. The normalized spacial score (nSPS) is 10.3. The Kier molecular flexibility index (Phi) is 3.50. The lowest BCUT2D eigenvalue weighted by Crippen LogP contribution is -2.17. The van der Waals surface area contributed by atoms with E-state index in [0.29, 0.717) is 18.3 Å². The molecule has 1 aromatic rings. The second-order valence-corrected chi connectivity index (χ2v) is 3.55. The van der Waals surface area contributed by atoms with Gasteiger partial charge in [0.1, 0.15) is 5.82 Å². The largest absolute Gasteiger partial charge is 0.449 e. The fourth-order valence-corrected chi connectivity index (χ4v) is 0.853. The number of aromatic nitrogens is 2. The van der Waals surface area contributed by atoms with Crippen LogP contribution in [0.4, 0.5) is 10.6 Å². The first-order chi connectivity index (χ1) is 6.59. The average Bonchev–Trinajstić information content (AvgIpc) is 2.49. The van der Waals surface area contributed by atoms with Crippen molar-refractivity contribution in [3.8, 4) is 0 Å². The van der Waals surface area contributed by atoms with E-state index in [9.17, 15) is 4.79 Å². The first-order valence-corrected chi connectivity index (χ1v) is 4.53. The van der Waals surface area contributed by atoms with E-state index in [1.54, 1.807) is 6.20 Å². The zero-order chi connectivity index (χ0) is 10.6. The summed E-state index contributed by atoms with van der Waals surface area (Å²) in [5.41, 5.74) is 0.881. The standard InChI is InChI=1S/C9H15N3O2/c1-6(2)5-14-9(13)11-8-7(3)4-10-12-8/h4,6H,5H2,1-3H3,(H2,10,11,12,13). The summed E-state index contributed by atoms with van der Waals surface area (Å²) >= 11 is 0. The van der Waals surface area contributed by atoms with Gasteiger partial charge < -0.3 is 4.74 Å². The second kappa shape index (κ2) is 4.64. The van der Waals surface area contributed by atoms with Crippen LogP contribution in [0.3, 0.4) is 0 Å². The van der Waals surface area contributed by atoms with E-state index in [-0.39, 0.29) is 0 Å². The molecule has 0 saturated carbocycles. The third kappa shape index (κ3) is 3.08. The highest BCUT2D eigenvalue weighted by Crippen LogP contribution is 2.08. The number of amides is 1. The number of aromatic amines is 1. The molecule has 0 bridgehead atoms. The molecule has 0 fully saturated rings. The third-order valence-electron chi connectivity index (χ3n) is 1.60. The molecular weight excluding hydrogens is 182 g/mol. The maximum atomic E-state index is 11.2. The summed E-state index contributed by atoms with van der Waals surface area (Å²) in [7, 11) is 0. The number of H-pyrrole nitrogens is 1. The Hall–Kier alpha value is -1.52. The van der Waals surface area contributed by atoms with Gasteiger partial charge in [0.05, 0.1) is 12.8 Å². The third-order valence-corrected chi connectivity index (χ3v) is 1.60. The summed E-state index contributed by atoms with van der Waals surface area (Å²) in [4.78, 5) is 11.2. The van der Waals surface area contributed by atoms with Crippen molar-refractivity contribution in [2.24, 2.45) is 5.92 Å². The van der Waals surface area contributed by atoms with Gasteiger partial charge in [0.25, 0.3) is 0 Å². The SMILES string of the molecule is Cc1cn[nH]c1NC(=O)OCC(C)C. The number of carbonyl (C=O) groups is 1. The molecule has 0 aliphatic rings. The van der Waals surface area contributed by atoms with Crippen LogP contribution < -0.4 is 5.32 Å². The number of anilines is 1. The van der Waals surface area contributed by atoms with Gasteiger partial charge in [-0.2, -0.15) is 5.10 Å². The zero-order valence-electron chi connectivity index (χ0n) is 8.63. The van der Waals surface area contributed by atoms with E-state index in [4.69, 9.17) is 4.74 Å². The topological polar surface area (TPSA) is 67.0 Å². The number of aryl methyl sites for hydroxylation is 1. The predicted octanol–water partition coefficient (Wildman–Crippen LogP) is 1.92. The van der Waals surface area contributed by atoms with Gasteiger partial charge in [-0.15, -0.1) is 0 Å². The lowest BCUT2D eigenvalue weighted by molar-refractivity contribution is 0.147. The number of nitrogens with zero attached hydrogens (tertiary/aromatic N) is 1. The van der Waals surface area contributed by atoms with Crippen molar-refractivity contribution < 1.29 is 9.53 Å². The molecule has 5 nitrogen and oxygen atoms in total. The van der Waals surface area contributed by atoms with Crippen LogP contribution in [-0.4, -0.2) is 22.9 Å². The minimum atomic E-state index is -0.453. The van der Waals surface area contributed by atoms with Crippen molar-refractivity contribution in [3.63, 3.8) is 0 Å². The molecule has 78 valence electrons. The van der Waals surface area contributed by atoms with E-state index in [1.165, 1.54) is 0 Å². The Labute approximate surface area is 82.8 Å². The Balaban J connectivity index is 2.38. The highest BCUT2D eigenvalue weighted by atomic mass is 16.5. The molecule has 0 unspecified atom stereocenters. The molecule has 0 aliphatic carbocycles. The number of hydrogen-bond donors (Lipinski definition) is 2. The molecule has 0 aliphatic heterocycles. The maximum Gasteiger partial charge on any atom is 0.412 e. The highest BCUT2D eigenvalue weighted by Gasteiger charge is 2.07. The molecule has 0 aromatic carbocycles. The minimum Gasteiger partial charge on any atom is -0.449 e. The predicted molar refractivity (Wildman–Crippen MR) is 53.1 cm³/mol. The maximum absolute atomic E-state index is 11.2. The van der Waals surface area contributed by atoms with Crippen molar-refractivity contribution in [3.05, 3.63) is 11.8 Å². The molecule has 2 N–H and O–H groups in total. The van der Waals surface area contributed by atoms with Crippen LogP contribution in [0, 0.1) is 12.8 Å². The van der Waals surface area contributed by atoms with Crippen molar-refractivity contribution >= 4 is 11.9 Å². The summed E-state index contributed by atoms with van der Waals surface area (Å²) in [6.07, 6.45) is 1.18. The van der Waals surface area contributed by atoms with Crippen molar-refractivity contribution in [2.75, 3.05) is 11.9 Å².